The predicted octanol–water partition coefficient (Wildman–Crippen LogP) is 4.69. The van der Waals surface area contributed by atoms with Gasteiger partial charge in [0.2, 0.25) is 23.4 Å². The number of likely N-dealkylation sites (N-methyl/N-ethyl adjacent to an activating group) is 1. The van der Waals surface area contributed by atoms with Crippen molar-refractivity contribution < 1.29 is 32.8 Å². The van der Waals surface area contributed by atoms with Crippen LogP contribution in [0.3, 0.4) is 0 Å². The topological polar surface area (TPSA) is 140 Å². The average Bonchev–Trinajstić information content (AvgIpc) is 3.59. The smallest absolute Gasteiger partial charge is 0.316 e. The molecule has 3 heterocycles. The highest BCUT2D eigenvalue weighted by Crippen LogP contribution is 2.42. The quantitative estimate of drug-likeness (QED) is 0.135. The first-order chi connectivity index (χ1) is 22.0. The molecule has 1 saturated carbocycles. The molecule has 1 saturated heterocycles. The van der Waals surface area contributed by atoms with E-state index in [-0.39, 0.29) is 30.2 Å². The molecule has 5 rings (SSSR count). The first-order valence-corrected chi connectivity index (χ1v) is 16.1. The Hall–Kier alpha value is -3.78. The molecule has 2 atom stereocenters. The van der Waals surface area contributed by atoms with Gasteiger partial charge in [-0.3, -0.25) is 39.4 Å². The Morgan fingerprint density at radius 2 is 1.89 bits per heavy atom. The lowest BCUT2D eigenvalue weighted by atomic mass is 9.84. The van der Waals surface area contributed by atoms with Crippen LogP contribution in [0.25, 0.3) is 0 Å². The van der Waals surface area contributed by atoms with Crippen molar-refractivity contribution in [3.63, 3.8) is 0 Å². The fraction of sp³-hybridized carbons (Fsp3) is 0.625. The molecule has 1 aliphatic carbocycles. The summed E-state index contributed by atoms with van der Waals surface area (Å²) in [5, 5.41) is 17.3. The van der Waals surface area contributed by atoms with Gasteiger partial charge in [0.05, 0.1) is 23.5 Å². The van der Waals surface area contributed by atoms with E-state index in [0.717, 1.165) is 81.0 Å². The standard InChI is InChI=1S/C32H42F2N6O6/c1-20-28-22(5-3-7-24(28)39(32(20)43)25-12-13-27(41)35-31(25)42)6-4-17-46-18-16-37(2)15-14-21-8-10-23(11-9-21)38-19-26(40(44)45)29(36-38)30(33)34/h3,5,7,19-21,23,25,30H,4,6,8-18H2,1-2H3,(H,35,41,42). The van der Waals surface area contributed by atoms with Crippen LogP contribution in [0, 0.1) is 16.0 Å². The molecule has 1 N–H and O–H groups in total. The average molecular weight is 645 g/mol. The van der Waals surface area contributed by atoms with Gasteiger partial charge in [-0.15, -0.1) is 0 Å². The molecule has 1 aromatic carbocycles. The van der Waals surface area contributed by atoms with E-state index in [2.05, 4.69) is 22.4 Å². The van der Waals surface area contributed by atoms with Crippen molar-refractivity contribution in [2.75, 3.05) is 38.3 Å². The zero-order chi connectivity index (χ0) is 33.0. The number of nitro groups is 1. The molecule has 14 heteroatoms. The van der Waals surface area contributed by atoms with Gasteiger partial charge in [-0.25, -0.2) is 8.78 Å². The zero-order valence-electron chi connectivity index (χ0n) is 26.3. The maximum Gasteiger partial charge on any atom is 0.316 e. The number of carbonyl (C=O) groups excluding carboxylic acids is 3. The summed E-state index contributed by atoms with van der Waals surface area (Å²) in [4.78, 5) is 51.4. The van der Waals surface area contributed by atoms with E-state index in [1.54, 1.807) is 4.90 Å². The summed E-state index contributed by atoms with van der Waals surface area (Å²) in [6, 6.07) is 5.04. The Labute approximate surface area is 266 Å². The lowest BCUT2D eigenvalue weighted by molar-refractivity contribution is -0.386. The number of halogens is 2. The van der Waals surface area contributed by atoms with Gasteiger partial charge in [0.25, 0.3) is 6.43 Å². The number of anilines is 1. The summed E-state index contributed by atoms with van der Waals surface area (Å²) >= 11 is 0. The third-order valence-corrected chi connectivity index (χ3v) is 9.60. The summed E-state index contributed by atoms with van der Waals surface area (Å²) in [5.41, 5.74) is 1.41. The van der Waals surface area contributed by atoms with Gasteiger partial charge in [0, 0.05) is 25.3 Å². The first-order valence-electron chi connectivity index (χ1n) is 16.1. The normalized spacial score (nSPS) is 23.3. The Kier molecular flexibility index (Phi) is 10.8. The zero-order valence-corrected chi connectivity index (χ0v) is 26.3. The number of piperidine rings is 1. The van der Waals surface area contributed by atoms with Crippen molar-refractivity contribution in [1.29, 1.82) is 0 Å². The highest BCUT2D eigenvalue weighted by Gasteiger charge is 2.43. The number of carbonyl (C=O) groups is 3. The van der Waals surface area contributed by atoms with Crippen LogP contribution >= 0.6 is 0 Å². The van der Waals surface area contributed by atoms with E-state index in [9.17, 15) is 33.3 Å². The molecule has 0 spiro atoms. The van der Waals surface area contributed by atoms with E-state index < -0.39 is 34.7 Å². The summed E-state index contributed by atoms with van der Waals surface area (Å²) in [5.74, 6) is -0.690. The van der Waals surface area contributed by atoms with Gasteiger partial charge >= 0.3 is 5.69 Å². The van der Waals surface area contributed by atoms with Crippen LogP contribution in [0.5, 0.6) is 0 Å². The maximum absolute atomic E-state index is 13.2. The number of aromatic nitrogens is 2. The van der Waals surface area contributed by atoms with Crippen LogP contribution < -0.4 is 10.2 Å². The fourth-order valence-electron chi connectivity index (χ4n) is 7.01. The first kappa shape index (κ1) is 33.6. The van der Waals surface area contributed by atoms with Gasteiger partial charge in [-0.1, -0.05) is 12.1 Å². The molecule has 3 aliphatic rings. The summed E-state index contributed by atoms with van der Waals surface area (Å²) in [6.07, 6.45) is 4.61. The number of nitrogens with one attached hydrogen (secondary N) is 1. The molecule has 2 fully saturated rings. The SMILES string of the molecule is CC1C(=O)N(C2CCC(=O)NC2=O)c2cccc(CCCOCCN(C)CCC3CCC(n4cc([N+](=O)[O-])c(C(F)F)n4)CC3)c21. The molecule has 2 aliphatic heterocycles. The van der Waals surface area contributed by atoms with Crippen LogP contribution in [0.2, 0.25) is 0 Å². The summed E-state index contributed by atoms with van der Waals surface area (Å²) in [7, 11) is 2.06. The van der Waals surface area contributed by atoms with Crippen molar-refractivity contribution in [1.82, 2.24) is 20.0 Å². The molecule has 2 aromatic rings. The number of benzene rings is 1. The third kappa shape index (κ3) is 7.43. The highest BCUT2D eigenvalue weighted by molar-refractivity contribution is 6.12. The number of aryl methyl sites for hydroxylation is 1. The minimum absolute atomic E-state index is 0.0986. The Bertz CT molecular complexity index is 1440. The van der Waals surface area contributed by atoms with Gasteiger partial charge in [-0.05, 0) is 95.0 Å². The van der Waals surface area contributed by atoms with Gasteiger partial charge in [-0.2, -0.15) is 5.10 Å². The number of ether oxygens (including phenoxy) is 1. The second kappa shape index (κ2) is 14.8. The Morgan fingerprint density at radius 3 is 2.57 bits per heavy atom. The largest absolute Gasteiger partial charge is 0.380 e. The van der Waals surface area contributed by atoms with E-state index in [1.807, 2.05) is 25.1 Å². The minimum Gasteiger partial charge on any atom is -0.380 e. The highest BCUT2D eigenvalue weighted by atomic mass is 19.3. The van der Waals surface area contributed by atoms with Crippen LogP contribution in [-0.2, 0) is 25.5 Å². The molecule has 2 unspecified atom stereocenters. The number of imide groups is 1. The second-order valence-corrected chi connectivity index (χ2v) is 12.7. The monoisotopic (exact) mass is 644 g/mol. The molecular weight excluding hydrogens is 602 g/mol. The Balaban J connectivity index is 0.999. The predicted molar refractivity (Wildman–Crippen MR) is 165 cm³/mol. The third-order valence-electron chi connectivity index (χ3n) is 9.60. The van der Waals surface area contributed by atoms with E-state index >= 15 is 0 Å². The van der Waals surface area contributed by atoms with Gasteiger partial charge in [0.1, 0.15) is 12.2 Å². The van der Waals surface area contributed by atoms with Crippen LogP contribution in [0.15, 0.2) is 24.4 Å². The number of fused-ring (bicyclic) bond motifs is 1. The lowest BCUT2D eigenvalue weighted by Crippen LogP contribution is -2.53. The number of hydrogen-bond acceptors (Lipinski definition) is 8. The number of hydrogen-bond donors (Lipinski definition) is 1. The molecule has 12 nitrogen and oxygen atoms in total. The number of amides is 3. The fourth-order valence-corrected chi connectivity index (χ4v) is 7.01. The van der Waals surface area contributed by atoms with E-state index in [1.165, 1.54) is 4.68 Å². The maximum atomic E-state index is 13.2. The molecular formula is C32H42F2N6O6. The van der Waals surface area contributed by atoms with Crippen LogP contribution in [0.4, 0.5) is 20.2 Å². The van der Waals surface area contributed by atoms with Crippen LogP contribution in [0.1, 0.15) is 93.5 Å². The molecule has 1 aromatic heterocycles. The number of rotatable bonds is 14. The summed E-state index contributed by atoms with van der Waals surface area (Å²) in [6.45, 7) is 4.74. The molecule has 0 radical (unpaired) electrons. The molecule has 3 amide bonds. The Morgan fingerprint density at radius 1 is 1.13 bits per heavy atom. The number of nitrogens with zero attached hydrogens (tertiary/aromatic N) is 5. The second-order valence-electron chi connectivity index (χ2n) is 12.7. The van der Waals surface area contributed by atoms with E-state index in [0.29, 0.717) is 25.6 Å². The molecule has 46 heavy (non-hydrogen) atoms. The number of alkyl halides is 2. The molecule has 250 valence electrons. The summed E-state index contributed by atoms with van der Waals surface area (Å²) < 4.78 is 33.6. The molecule has 0 bridgehead atoms. The van der Waals surface area contributed by atoms with Crippen molar-refractivity contribution in [2.45, 2.75) is 89.1 Å². The van der Waals surface area contributed by atoms with E-state index in [4.69, 9.17) is 4.74 Å². The minimum atomic E-state index is -2.97. The van der Waals surface area contributed by atoms with Crippen molar-refractivity contribution in [3.8, 4) is 0 Å². The van der Waals surface area contributed by atoms with Crippen molar-refractivity contribution >= 4 is 29.1 Å². The van der Waals surface area contributed by atoms with Gasteiger partial charge in [0.15, 0.2) is 0 Å². The van der Waals surface area contributed by atoms with Gasteiger partial charge < -0.3 is 9.64 Å². The van der Waals surface area contributed by atoms with Crippen molar-refractivity contribution in [2.24, 2.45) is 5.92 Å². The lowest BCUT2D eigenvalue weighted by Gasteiger charge is -2.30. The van der Waals surface area contributed by atoms with Crippen LogP contribution in [-0.4, -0.2) is 76.7 Å². The van der Waals surface area contributed by atoms with Crippen molar-refractivity contribution in [3.05, 3.63) is 51.3 Å².